The molecule has 10 nitrogen and oxygen atoms in total. The lowest BCUT2D eigenvalue weighted by Crippen LogP contribution is -2.32. The minimum atomic E-state index is -0.711. The number of hydrogen-bond acceptors (Lipinski definition) is 6. The minimum absolute atomic E-state index is 0.155. The summed E-state index contributed by atoms with van der Waals surface area (Å²) in [6.07, 6.45) is 1.79. The van der Waals surface area contributed by atoms with E-state index in [2.05, 4.69) is 25.4 Å². The summed E-state index contributed by atoms with van der Waals surface area (Å²) in [6, 6.07) is 7.31. The fourth-order valence-electron chi connectivity index (χ4n) is 2.33. The number of nitrogens with zero attached hydrogens (tertiary/aromatic N) is 5. The third kappa shape index (κ3) is 3.21. The largest absolute Gasteiger partial charge is 0.490 e. The van der Waals surface area contributed by atoms with E-state index in [0.29, 0.717) is 12.2 Å². The first-order chi connectivity index (χ1) is 11.6. The van der Waals surface area contributed by atoms with Crippen LogP contribution in [0.25, 0.3) is 11.0 Å². The number of H-pyrrole nitrogens is 1. The second-order valence-electron chi connectivity index (χ2n) is 5.17. The molecule has 0 aliphatic heterocycles. The van der Waals surface area contributed by atoms with Gasteiger partial charge in [-0.25, -0.2) is 4.98 Å². The van der Waals surface area contributed by atoms with E-state index in [0.717, 1.165) is 22.0 Å². The zero-order valence-electron chi connectivity index (χ0n) is 12.8. The molecule has 0 saturated heterocycles. The Balaban J connectivity index is 1.69. The van der Waals surface area contributed by atoms with Gasteiger partial charge < -0.3 is 20.4 Å². The molecule has 0 unspecified atom stereocenters. The summed E-state index contributed by atoms with van der Waals surface area (Å²) in [4.78, 5) is 33.1. The van der Waals surface area contributed by atoms with Gasteiger partial charge in [-0.15, -0.1) is 0 Å². The number of nitrogens with one attached hydrogen (secondary N) is 2. The highest BCUT2D eigenvalue weighted by atomic mass is 16.6. The summed E-state index contributed by atoms with van der Waals surface area (Å²) >= 11 is 0. The highest BCUT2D eigenvalue weighted by Crippen LogP contribution is 2.18. The number of amides is 1. The highest BCUT2D eigenvalue weighted by Gasteiger charge is 2.19. The molecular weight excluding hydrogens is 314 g/mol. The van der Waals surface area contributed by atoms with E-state index >= 15 is 0 Å². The molecule has 3 rings (SSSR count). The maximum atomic E-state index is 12.1. The fraction of sp³-hybridized carbons (Fsp3) is 0.286. The Bertz CT molecular complexity index is 852. The summed E-state index contributed by atoms with van der Waals surface area (Å²) in [5, 5.41) is 17.0. The molecule has 3 aromatic rings. The van der Waals surface area contributed by atoms with E-state index in [4.69, 9.17) is 0 Å². The van der Waals surface area contributed by atoms with Crippen LogP contribution in [-0.2, 0) is 11.3 Å². The van der Waals surface area contributed by atoms with Crippen molar-refractivity contribution in [2.45, 2.75) is 25.9 Å². The van der Waals surface area contributed by atoms with Crippen molar-refractivity contribution >= 4 is 22.9 Å². The van der Waals surface area contributed by atoms with E-state index in [9.17, 15) is 14.9 Å². The Kier molecular flexibility index (Phi) is 4.18. The van der Waals surface area contributed by atoms with Crippen molar-refractivity contribution in [3.8, 4) is 0 Å². The Labute approximate surface area is 136 Å². The first-order valence-electron chi connectivity index (χ1n) is 7.34. The third-order valence-corrected chi connectivity index (χ3v) is 3.47. The van der Waals surface area contributed by atoms with E-state index in [1.165, 1.54) is 0 Å². The number of aromatic amines is 1. The van der Waals surface area contributed by atoms with Crippen molar-refractivity contribution in [3.05, 3.63) is 46.5 Å². The fourth-order valence-corrected chi connectivity index (χ4v) is 2.33. The normalized spacial score (nSPS) is 12.2. The molecule has 1 atom stereocenters. The van der Waals surface area contributed by atoms with Crippen LogP contribution in [0, 0.1) is 10.1 Å². The zero-order chi connectivity index (χ0) is 17.1. The average molecular weight is 329 g/mol. The maximum absolute atomic E-state index is 12.1. The molecule has 0 radical (unpaired) electrons. The van der Waals surface area contributed by atoms with Gasteiger partial charge in [-0.1, -0.05) is 24.0 Å². The second-order valence-corrected chi connectivity index (χ2v) is 5.17. The topological polar surface area (TPSA) is 132 Å². The van der Waals surface area contributed by atoms with Crippen LogP contribution in [0.2, 0.25) is 0 Å². The molecular formula is C14H15N7O3. The molecule has 1 aromatic carbocycles. The van der Waals surface area contributed by atoms with E-state index in [1.54, 1.807) is 0 Å². The second kappa shape index (κ2) is 6.44. The summed E-state index contributed by atoms with van der Waals surface area (Å²) in [5.41, 5.74) is 1.72. The first-order valence-corrected chi connectivity index (χ1v) is 7.34. The lowest BCUT2D eigenvalue weighted by Gasteiger charge is -2.13. The van der Waals surface area contributed by atoms with Crippen molar-refractivity contribution < 1.29 is 9.72 Å². The van der Waals surface area contributed by atoms with E-state index in [1.807, 2.05) is 31.2 Å². The van der Waals surface area contributed by atoms with Crippen LogP contribution in [0.15, 0.2) is 30.6 Å². The number of carbonyl (C=O) groups excluding carboxylic acids is 1. The highest BCUT2D eigenvalue weighted by molar-refractivity contribution is 5.77. The number of carbonyl (C=O) groups is 1. The lowest BCUT2D eigenvalue weighted by molar-refractivity contribution is -0.394. The SMILES string of the molecule is CC[C@H](NC(=O)Cn1cnc([N+](=O)[O-])n1)c1nc2ccccc2[nH]1. The summed E-state index contributed by atoms with van der Waals surface area (Å²) in [6.45, 7) is 1.77. The molecule has 124 valence electrons. The van der Waals surface area contributed by atoms with Crippen molar-refractivity contribution in [1.82, 2.24) is 30.0 Å². The summed E-state index contributed by atoms with van der Waals surface area (Å²) in [7, 11) is 0. The molecule has 0 bridgehead atoms. The standard InChI is InChI=1S/C14H15N7O3/c1-2-9(13-17-10-5-3-4-6-11(10)18-13)16-12(22)7-20-8-15-14(19-20)21(23)24/h3-6,8-9H,2,7H2,1H3,(H,16,22)(H,17,18)/t9-/m0/s1. The van der Waals surface area contributed by atoms with Gasteiger partial charge >= 0.3 is 5.95 Å². The number of rotatable bonds is 6. The zero-order valence-corrected chi connectivity index (χ0v) is 12.8. The van der Waals surface area contributed by atoms with Gasteiger partial charge in [0.05, 0.1) is 17.1 Å². The summed E-state index contributed by atoms with van der Waals surface area (Å²) < 4.78 is 1.12. The van der Waals surface area contributed by atoms with Gasteiger partial charge in [0.1, 0.15) is 12.4 Å². The Morgan fingerprint density at radius 2 is 2.25 bits per heavy atom. The quantitative estimate of drug-likeness (QED) is 0.518. The molecule has 24 heavy (non-hydrogen) atoms. The average Bonchev–Trinajstić information content (AvgIpc) is 3.18. The Hall–Kier alpha value is -3.30. The van der Waals surface area contributed by atoms with Crippen LogP contribution in [-0.4, -0.2) is 35.6 Å². The molecule has 2 aromatic heterocycles. The number of fused-ring (bicyclic) bond motifs is 1. The molecule has 0 fully saturated rings. The van der Waals surface area contributed by atoms with Crippen molar-refractivity contribution in [2.75, 3.05) is 0 Å². The number of para-hydroxylation sites is 2. The predicted octanol–water partition coefficient (Wildman–Crippen LogP) is 1.33. The minimum Gasteiger partial charge on any atom is -0.390 e. The number of hydrogen-bond donors (Lipinski definition) is 2. The van der Waals surface area contributed by atoms with Gasteiger partial charge in [0.2, 0.25) is 12.2 Å². The van der Waals surface area contributed by atoms with Crippen molar-refractivity contribution in [3.63, 3.8) is 0 Å². The van der Waals surface area contributed by atoms with Gasteiger partial charge in [0, 0.05) is 5.10 Å². The van der Waals surface area contributed by atoms with Crippen LogP contribution in [0.5, 0.6) is 0 Å². The molecule has 1 amide bonds. The van der Waals surface area contributed by atoms with Gasteiger partial charge in [-0.2, -0.15) is 4.68 Å². The number of imidazole rings is 1. The Morgan fingerprint density at radius 3 is 2.92 bits per heavy atom. The maximum Gasteiger partial charge on any atom is 0.490 e. The van der Waals surface area contributed by atoms with Gasteiger partial charge in [0.25, 0.3) is 0 Å². The summed E-state index contributed by atoms with van der Waals surface area (Å²) in [5.74, 6) is -0.203. The van der Waals surface area contributed by atoms with Crippen molar-refractivity contribution in [2.24, 2.45) is 0 Å². The first kappa shape index (κ1) is 15.6. The van der Waals surface area contributed by atoms with E-state index < -0.39 is 10.9 Å². The number of aromatic nitrogens is 5. The van der Waals surface area contributed by atoms with E-state index in [-0.39, 0.29) is 18.5 Å². The van der Waals surface area contributed by atoms with Gasteiger partial charge in [0.15, 0.2) is 0 Å². The van der Waals surface area contributed by atoms with Crippen LogP contribution in [0.4, 0.5) is 5.95 Å². The number of nitro groups is 1. The Morgan fingerprint density at radius 1 is 1.46 bits per heavy atom. The smallest absolute Gasteiger partial charge is 0.390 e. The predicted molar refractivity (Wildman–Crippen MR) is 83.9 cm³/mol. The van der Waals surface area contributed by atoms with Crippen LogP contribution in [0.1, 0.15) is 25.2 Å². The van der Waals surface area contributed by atoms with Crippen LogP contribution < -0.4 is 5.32 Å². The molecule has 2 heterocycles. The molecule has 0 aliphatic rings. The molecule has 10 heteroatoms. The van der Waals surface area contributed by atoms with Crippen LogP contribution >= 0.6 is 0 Å². The van der Waals surface area contributed by atoms with Crippen molar-refractivity contribution in [1.29, 1.82) is 0 Å². The molecule has 0 spiro atoms. The molecule has 0 aliphatic carbocycles. The number of benzene rings is 1. The monoisotopic (exact) mass is 329 g/mol. The molecule has 0 saturated carbocycles. The van der Waals surface area contributed by atoms with Crippen LogP contribution in [0.3, 0.4) is 0 Å². The molecule has 2 N–H and O–H groups in total. The van der Waals surface area contributed by atoms with Gasteiger partial charge in [-0.05, 0) is 23.5 Å². The lowest BCUT2D eigenvalue weighted by atomic mass is 10.2. The third-order valence-electron chi connectivity index (χ3n) is 3.47. The van der Waals surface area contributed by atoms with Gasteiger partial charge in [-0.3, -0.25) is 4.79 Å².